The lowest BCUT2D eigenvalue weighted by molar-refractivity contribution is 0.0837. The zero-order valence-corrected chi connectivity index (χ0v) is 9.08. The van der Waals surface area contributed by atoms with Gasteiger partial charge in [0.15, 0.2) is 17.2 Å². The molecule has 84 valence electrons. The maximum Gasteiger partial charge on any atom is 0.167 e. The first-order valence-electron chi connectivity index (χ1n) is 4.58. The van der Waals surface area contributed by atoms with Crippen LogP contribution in [0.25, 0.3) is 0 Å². The van der Waals surface area contributed by atoms with Crippen molar-refractivity contribution < 1.29 is 19.0 Å². The Morgan fingerprint density at radius 2 is 2.00 bits per heavy atom. The van der Waals surface area contributed by atoms with Crippen LogP contribution in [0.4, 0.5) is 4.39 Å². The van der Waals surface area contributed by atoms with Crippen LogP contribution in [-0.4, -0.2) is 25.9 Å². The molecule has 0 radical (unpaired) electrons. The topological polar surface area (TPSA) is 38.7 Å². The molecule has 1 unspecified atom stereocenters. The number of para-hydroxylation sites is 1. The largest absolute Gasteiger partial charge is 0.493 e. The molecule has 3 nitrogen and oxygen atoms in total. The molecule has 1 aromatic carbocycles. The van der Waals surface area contributed by atoms with Crippen molar-refractivity contribution in [3.8, 4) is 11.5 Å². The first-order valence-corrected chi connectivity index (χ1v) is 4.58. The van der Waals surface area contributed by atoms with Crippen LogP contribution < -0.4 is 9.47 Å². The summed E-state index contributed by atoms with van der Waals surface area (Å²) in [6.07, 6.45) is 0. The molecule has 0 saturated heterocycles. The van der Waals surface area contributed by atoms with E-state index >= 15 is 0 Å². The third kappa shape index (κ3) is 2.21. The van der Waals surface area contributed by atoms with Crippen LogP contribution in [-0.2, 0) is 5.67 Å². The van der Waals surface area contributed by atoms with E-state index < -0.39 is 12.3 Å². The van der Waals surface area contributed by atoms with Crippen molar-refractivity contribution in [3.05, 3.63) is 23.8 Å². The first kappa shape index (κ1) is 11.8. The molecule has 0 aliphatic rings. The zero-order chi connectivity index (χ0) is 11.5. The minimum atomic E-state index is -1.83. The van der Waals surface area contributed by atoms with Gasteiger partial charge in [0.25, 0.3) is 0 Å². The molecule has 0 aliphatic heterocycles. The van der Waals surface area contributed by atoms with E-state index in [0.717, 1.165) is 0 Å². The number of rotatable bonds is 4. The van der Waals surface area contributed by atoms with Gasteiger partial charge in [-0.25, -0.2) is 4.39 Å². The Morgan fingerprint density at radius 3 is 2.47 bits per heavy atom. The number of aliphatic hydroxyl groups is 1. The van der Waals surface area contributed by atoms with E-state index in [0.29, 0.717) is 11.5 Å². The molecule has 0 aliphatic carbocycles. The molecule has 1 aromatic rings. The summed E-state index contributed by atoms with van der Waals surface area (Å²) in [4.78, 5) is 0. The predicted molar refractivity (Wildman–Crippen MR) is 55.1 cm³/mol. The van der Waals surface area contributed by atoms with Crippen LogP contribution in [0.3, 0.4) is 0 Å². The molecule has 0 amide bonds. The van der Waals surface area contributed by atoms with E-state index in [-0.39, 0.29) is 5.56 Å². The molecule has 1 rings (SSSR count). The number of ether oxygens (including phenoxy) is 2. The van der Waals surface area contributed by atoms with Crippen LogP contribution in [0.5, 0.6) is 11.5 Å². The highest BCUT2D eigenvalue weighted by atomic mass is 19.1. The first-order chi connectivity index (χ1) is 7.06. The van der Waals surface area contributed by atoms with Crippen LogP contribution >= 0.6 is 0 Å². The molecule has 0 aromatic heterocycles. The number of hydrogen-bond donors (Lipinski definition) is 1. The second kappa shape index (κ2) is 4.49. The van der Waals surface area contributed by atoms with Gasteiger partial charge in [0.1, 0.15) is 0 Å². The van der Waals surface area contributed by atoms with Crippen molar-refractivity contribution in [2.45, 2.75) is 12.6 Å². The highest BCUT2D eigenvalue weighted by Gasteiger charge is 2.29. The van der Waals surface area contributed by atoms with E-state index in [4.69, 9.17) is 14.6 Å². The highest BCUT2D eigenvalue weighted by molar-refractivity contribution is 5.49. The summed E-state index contributed by atoms with van der Waals surface area (Å²) in [5.74, 6) is 0.770. The van der Waals surface area contributed by atoms with Crippen LogP contribution in [0.1, 0.15) is 12.5 Å². The van der Waals surface area contributed by atoms with Crippen LogP contribution in [0.2, 0.25) is 0 Å². The van der Waals surface area contributed by atoms with E-state index in [2.05, 4.69) is 0 Å². The van der Waals surface area contributed by atoms with Gasteiger partial charge in [-0.15, -0.1) is 0 Å². The smallest absolute Gasteiger partial charge is 0.167 e. The molecule has 0 fully saturated rings. The van der Waals surface area contributed by atoms with Crippen molar-refractivity contribution in [1.82, 2.24) is 0 Å². The van der Waals surface area contributed by atoms with E-state index in [1.807, 2.05) is 0 Å². The molecular formula is C11H15FO3. The van der Waals surface area contributed by atoms with Crippen LogP contribution in [0.15, 0.2) is 18.2 Å². The summed E-state index contributed by atoms with van der Waals surface area (Å²) in [7, 11) is 2.92. The Morgan fingerprint density at radius 1 is 1.33 bits per heavy atom. The van der Waals surface area contributed by atoms with Crippen molar-refractivity contribution in [2.75, 3.05) is 20.8 Å². The third-order valence-electron chi connectivity index (χ3n) is 2.26. The fourth-order valence-electron chi connectivity index (χ4n) is 1.38. The summed E-state index contributed by atoms with van der Waals surface area (Å²) in [5.41, 5.74) is -1.55. The average molecular weight is 214 g/mol. The lowest BCUT2D eigenvalue weighted by atomic mass is 9.97. The van der Waals surface area contributed by atoms with E-state index in [1.54, 1.807) is 18.2 Å². The fraction of sp³-hybridized carbons (Fsp3) is 0.455. The Bertz CT molecular complexity index is 337. The summed E-state index contributed by atoms with van der Waals surface area (Å²) in [6.45, 7) is 0.695. The minimum absolute atomic E-state index is 0.284. The summed E-state index contributed by atoms with van der Waals surface area (Å²) >= 11 is 0. The van der Waals surface area contributed by atoms with Gasteiger partial charge in [0.2, 0.25) is 0 Å². The van der Waals surface area contributed by atoms with E-state index in [9.17, 15) is 4.39 Å². The molecule has 15 heavy (non-hydrogen) atoms. The molecular weight excluding hydrogens is 199 g/mol. The number of halogens is 1. The fourth-order valence-corrected chi connectivity index (χ4v) is 1.38. The van der Waals surface area contributed by atoms with Gasteiger partial charge >= 0.3 is 0 Å². The van der Waals surface area contributed by atoms with Crippen molar-refractivity contribution in [1.29, 1.82) is 0 Å². The maximum absolute atomic E-state index is 13.9. The normalized spacial score (nSPS) is 14.5. The number of alkyl halides is 1. The number of methoxy groups -OCH3 is 2. The van der Waals surface area contributed by atoms with Crippen LogP contribution in [0, 0.1) is 0 Å². The molecule has 0 saturated carbocycles. The van der Waals surface area contributed by atoms with Crippen molar-refractivity contribution in [3.63, 3.8) is 0 Å². The van der Waals surface area contributed by atoms with Gasteiger partial charge in [-0.2, -0.15) is 0 Å². The summed E-state index contributed by atoms with van der Waals surface area (Å²) in [5, 5.41) is 8.96. The Balaban J connectivity index is 3.29. The van der Waals surface area contributed by atoms with Gasteiger partial charge < -0.3 is 14.6 Å². The van der Waals surface area contributed by atoms with Gasteiger partial charge in [-0.3, -0.25) is 0 Å². The Labute approximate surface area is 88.4 Å². The minimum Gasteiger partial charge on any atom is -0.493 e. The molecule has 4 heteroatoms. The van der Waals surface area contributed by atoms with Gasteiger partial charge in [-0.05, 0) is 13.0 Å². The molecule has 1 atom stereocenters. The number of hydrogen-bond acceptors (Lipinski definition) is 3. The van der Waals surface area contributed by atoms with Crippen molar-refractivity contribution in [2.24, 2.45) is 0 Å². The van der Waals surface area contributed by atoms with Crippen molar-refractivity contribution >= 4 is 0 Å². The lowest BCUT2D eigenvalue weighted by Gasteiger charge is -2.21. The zero-order valence-electron chi connectivity index (χ0n) is 9.08. The van der Waals surface area contributed by atoms with Gasteiger partial charge in [0.05, 0.1) is 20.8 Å². The second-order valence-corrected chi connectivity index (χ2v) is 3.40. The average Bonchev–Trinajstić information content (AvgIpc) is 2.27. The summed E-state index contributed by atoms with van der Waals surface area (Å²) < 4.78 is 24.1. The highest BCUT2D eigenvalue weighted by Crippen LogP contribution is 2.38. The quantitative estimate of drug-likeness (QED) is 0.831. The third-order valence-corrected chi connectivity index (χ3v) is 2.26. The van der Waals surface area contributed by atoms with E-state index in [1.165, 1.54) is 21.1 Å². The van der Waals surface area contributed by atoms with Gasteiger partial charge in [-0.1, -0.05) is 12.1 Å². The Kier molecular flexibility index (Phi) is 3.52. The molecule has 1 N–H and O–H groups in total. The van der Waals surface area contributed by atoms with Gasteiger partial charge in [0, 0.05) is 5.56 Å². The number of aliphatic hydroxyl groups excluding tert-OH is 1. The monoisotopic (exact) mass is 214 g/mol. The SMILES string of the molecule is COc1cccc(C(C)(F)CO)c1OC. The second-order valence-electron chi connectivity index (χ2n) is 3.40. The molecule has 0 heterocycles. The predicted octanol–water partition coefficient (Wildman–Crippen LogP) is 1.88. The molecule has 0 spiro atoms. The molecule has 0 bridgehead atoms. The maximum atomic E-state index is 13.9. The standard InChI is InChI=1S/C11H15FO3/c1-11(12,7-13)8-5-4-6-9(14-2)10(8)15-3/h4-6,13H,7H2,1-3H3. The lowest BCUT2D eigenvalue weighted by Crippen LogP contribution is -2.21. The number of benzene rings is 1. The summed E-state index contributed by atoms with van der Waals surface area (Å²) in [6, 6.07) is 4.90. The Hall–Kier alpha value is -1.29.